The number of pyridine rings is 1. The molecule has 110 valence electrons. The van der Waals surface area contributed by atoms with Crippen LogP contribution in [0.1, 0.15) is 23.7 Å². The third-order valence-corrected chi connectivity index (χ3v) is 4.08. The summed E-state index contributed by atoms with van der Waals surface area (Å²) in [5, 5.41) is 0.731. The van der Waals surface area contributed by atoms with E-state index in [1.165, 1.54) is 7.11 Å². The van der Waals surface area contributed by atoms with Gasteiger partial charge in [0.25, 0.3) is 0 Å². The molecule has 0 unspecified atom stereocenters. The maximum absolute atomic E-state index is 14.0. The Labute approximate surface area is 122 Å². The van der Waals surface area contributed by atoms with Crippen LogP contribution in [0.4, 0.5) is 10.1 Å². The zero-order valence-electron chi connectivity index (χ0n) is 12.1. The summed E-state index contributed by atoms with van der Waals surface area (Å²) in [4.78, 5) is 18.0. The standard InChI is InChI=1S/C16H17FN2O2/c1-3-16(17)9-19(10-16)11-4-5-14-13(8-11)12(6-7-18-14)15(20)21-2/h4-8H,3,9-10H2,1-2H3. The lowest BCUT2D eigenvalue weighted by atomic mass is 9.92. The smallest absolute Gasteiger partial charge is 0.338 e. The second kappa shape index (κ2) is 4.98. The number of fused-ring (bicyclic) bond motifs is 1. The molecule has 0 atom stereocenters. The van der Waals surface area contributed by atoms with Crippen LogP contribution in [0.3, 0.4) is 0 Å². The van der Waals surface area contributed by atoms with Crippen LogP contribution < -0.4 is 4.90 Å². The summed E-state index contributed by atoms with van der Waals surface area (Å²) in [6.45, 7) is 2.64. The van der Waals surface area contributed by atoms with Gasteiger partial charge in [-0.15, -0.1) is 0 Å². The molecule has 1 aliphatic heterocycles. The second-order valence-corrected chi connectivity index (χ2v) is 5.41. The second-order valence-electron chi connectivity index (χ2n) is 5.41. The number of benzene rings is 1. The van der Waals surface area contributed by atoms with Crippen LogP contribution in [0.2, 0.25) is 0 Å². The van der Waals surface area contributed by atoms with E-state index < -0.39 is 11.6 Å². The van der Waals surface area contributed by atoms with Gasteiger partial charge in [-0.1, -0.05) is 6.92 Å². The summed E-state index contributed by atoms with van der Waals surface area (Å²) >= 11 is 0. The van der Waals surface area contributed by atoms with Crippen LogP contribution in [-0.2, 0) is 4.74 Å². The van der Waals surface area contributed by atoms with Crippen molar-refractivity contribution in [2.24, 2.45) is 0 Å². The van der Waals surface area contributed by atoms with Crippen LogP contribution in [0, 0.1) is 0 Å². The summed E-state index contributed by atoms with van der Waals surface area (Å²) in [6, 6.07) is 7.27. The summed E-state index contributed by atoms with van der Waals surface area (Å²) in [6.07, 6.45) is 2.10. The van der Waals surface area contributed by atoms with Crippen LogP contribution in [0.5, 0.6) is 0 Å². The Bertz CT molecular complexity index is 696. The molecule has 0 N–H and O–H groups in total. The Balaban J connectivity index is 1.98. The molecule has 2 heterocycles. The first-order valence-corrected chi connectivity index (χ1v) is 6.97. The molecule has 1 aromatic heterocycles. The highest BCUT2D eigenvalue weighted by molar-refractivity contribution is 6.04. The number of esters is 1. The molecule has 1 aromatic carbocycles. The summed E-state index contributed by atoms with van der Waals surface area (Å²) < 4.78 is 18.8. The average Bonchev–Trinajstić information content (AvgIpc) is 2.50. The van der Waals surface area contributed by atoms with Crippen molar-refractivity contribution < 1.29 is 13.9 Å². The lowest BCUT2D eigenvalue weighted by molar-refractivity contribution is 0.0603. The van der Waals surface area contributed by atoms with Crippen LogP contribution in [-0.4, -0.2) is 36.8 Å². The maximum Gasteiger partial charge on any atom is 0.338 e. The normalized spacial score (nSPS) is 16.6. The van der Waals surface area contributed by atoms with Crippen molar-refractivity contribution in [2.75, 3.05) is 25.1 Å². The number of ether oxygens (including phenoxy) is 1. The van der Waals surface area contributed by atoms with Crippen molar-refractivity contribution in [2.45, 2.75) is 19.0 Å². The molecular formula is C16H17FN2O2. The largest absolute Gasteiger partial charge is 0.465 e. The van der Waals surface area contributed by atoms with Crippen molar-refractivity contribution in [1.29, 1.82) is 0 Å². The summed E-state index contributed by atoms with van der Waals surface area (Å²) in [7, 11) is 1.35. The third-order valence-electron chi connectivity index (χ3n) is 4.08. The molecule has 0 saturated carbocycles. The minimum Gasteiger partial charge on any atom is -0.465 e. The zero-order chi connectivity index (χ0) is 15.0. The average molecular weight is 288 g/mol. The summed E-state index contributed by atoms with van der Waals surface area (Å²) in [5.74, 6) is -0.392. The lowest BCUT2D eigenvalue weighted by Crippen LogP contribution is -2.58. The number of carbonyl (C=O) groups excluding carboxylic acids is 1. The van der Waals surface area contributed by atoms with E-state index in [4.69, 9.17) is 4.74 Å². The minimum absolute atomic E-state index is 0.392. The summed E-state index contributed by atoms with van der Waals surface area (Å²) in [5.41, 5.74) is 1.02. The van der Waals surface area contributed by atoms with Gasteiger partial charge in [0.1, 0.15) is 5.67 Å². The first-order chi connectivity index (χ1) is 10.1. The lowest BCUT2D eigenvalue weighted by Gasteiger charge is -2.45. The first-order valence-electron chi connectivity index (χ1n) is 6.97. The van der Waals surface area contributed by atoms with E-state index in [9.17, 15) is 9.18 Å². The Morgan fingerprint density at radius 2 is 2.19 bits per heavy atom. The predicted molar refractivity (Wildman–Crippen MR) is 79.4 cm³/mol. The van der Waals surface area contributed by atoms with Crippen LogP contribution in [0.15, 0.2) is 30.5 Å². The van der Waals surface area contributed by atoms with Gasteiger partial charge in [-0.3, -0.25) is 4.98 Å². The predicted octanol–water partition coefficient (Wildman–Crippen LogP) is 2.96. The van der Waals surface area contributed by atoms with E-state index in [1.54, 1.807) is 12.3 Å². The Hall–Kier alpha value is -2.17. The van der Waals surface area contributed by atoms with Crippen LogP contribution in [0.25, 0.3) is 10.9 Å². The number of nitrogens with zero attached hydrogens (tertiary/aromatic N) is 2. The number of aromatic nitrogens is 1. The molecule has 1 fully saturated rings. The minimum atomic E-state index is -1.09. The van der Waals surface area contributed by atoms with Gasteiger partial charge in [-0.2, -0.15) is 0 Å². The fourth-order valence-electron chi connectivity index (χ4n) is 2.66. The highest BCUT2D eigenvalue weighted by Gasteiger charge is 2.41. The number of methoxy groups -OCH3 is 1. The molecule has 0 aliphatic carbocycles. The van der Waals surface area contributed by atoms with E-state index in [0.717, 1.165) is 16.6 Å². The van der Waals surface area contributed by atoms with Crippen molar-refractivity contribution in [1.82, 2.24) is 4.98 Å². The molecule has 5 heteroatoms. The van der Waals surface area contributed by atoms with Gasteiger partial charge >= 0.3 is 5.97 Å². The van der Waals surface area contributed by atoms with E-state index in [2.05, 4.69) is 4.98 Å². The van der Waals surface area contributed by atoms with Gasteiger partial charge in [-0.25, -0.2) is 9.18 Å². The fourth-order valence-corrected chi connectivity index (χ4v) is 2.66. The highest BCUT2D eigenvalue weighted by atomic mass is 19.1. The van der Waals surface area contributed by atoms with Gasteiger partial charge in [0.2, 0.25) is 0 Å². The van der Waals surface area contributed by atoms with Crippen molar-refractivity contribution >= 4 is 22.6 Å². The molecule has 1 saturated heterocycles. The van der Waals surface area contributed by atoms with Gasteiger partial charge in [0, 0.05) is 17.3 Å². The Morgan fingerprint density at radius 1 is 1.43 bits per heavy atom. The van der Waals surface area contributed by atoms with Crippen molar-refractivity contribution in [3.63, 3.8) is 0 Å². The fraction of sp³-hybridized carbons (Fsp3) is 0.375. The van der Waals surface area contributed by atoms with Gasteiger partial charge in [0.05, 0.1) is 31.3 Å². The number of hydrogen-bond acceptors (Lipinski definition) is 4. The maximum atomic E-state index is 14.0. The zero-order valence-corrected chi connectivity index (χ0v) is 12.1. The molecule has 2 aromatic rings. The number of alkyl halides is 1. The molecule has 0 spiro atoms. The highest BCUT2D eigenvalue weighted by Crippen LogP contribution is 2.34. The molecule has 4 nitrogen and oxygen atoms in total. The Kier molecular flexibility index (Phi) is 3.27. The SMILES string of the molecule is CCC1(F)CN(c2ccc3nccc(C(=O)OC)c3c2)C1. The number of anilines is 1. The third kappa shape index (κ3) is 2.33. The van der Waals surface area contributed by atoms with Gasteiger partial charge in [-0.05, 0) is 30.7 Å². The topological polar surface area (TPSA) is 42.4 Å². The van der Waals surface area contributed by atoms with Crippen molar-refractivity contribution in [3.05, 3.63) is 36.0 Å². The first kappa shape index (κ1) is 13.8. The molecule has 21 heavy (non-hydrogen) atoms. The van der Waals surface area contributed by atoms with E-state index in [-0.39, 0.29) is 0 Å². The number of halogens is 1. The molecule has 0 radical (unpaired) electrons. The molecule has 0 amide bonds. The molecule has 0 bridgehead atoms. The van der Waals surface area contributed by atoms with Gasteiger partial charge < -0.3 is 9.64 Å². The van der Waals surface area contributed by atoms with E-state index in [0.29, 0.717) is 25.1 Å². The number of hydrogen-bond donors (Lipinski definition) is 0. The van der Waals surface area contributed by atoms with E-state index >= 15 is 0 Å². The molecule has 3 rings (SSSR count). The van der Waals surface area contributed by atoms with Crippen LogP contribution >= 0.6 is 0 Å². The van der Waals surface area contributed by atoms with Crippen molar-refractivity contribution in [3.8, 4) is 0 Å². The quantitative estimate of drug-likeness (QED) is 0.814. The number of rotatable bonds is 3. The van der Waals surface area contributed by atoms with Gasteiger partial charge in [0.15, 0.2) is 0 Å². The van der Waals surface area contributed by atoms with E-state index in [1.807, 2.05) is 30.0 Å². The molecule has 1 aliphatic rings. The monoisotopic (exact) mass is 288 g/mol. The Morgan fingerprint density at radius 3 is 2.86 bits per heavy atom. The molecular weight excluding hydrogens is 271 g/mol. The number of carbonyl (C=O) groups is 1.